The number of oxime groups is 1. The fraction of sp³-hybridized carbons (Fsp3) is 0.944. The maximum Gasteiger partial charge on any atom is 0.180 e. The van der Waals surface area contributed by atoms with Crippen LogP contribution in [0.25, 0.3) is 0 Å². The number of carbonyl (C=O) groups excluding carboxylic acids is 1. The van der Waals surface area contributed by atoms with Crippen LogP contribution in [0.4, 0.5) is 0 Å². The summed E-state index contributed by atoms with van der Waals surface area (Å²) in [6.45, 7) is 4.58. The zero-order valence-corrected chi connectivity index (χ0v) is 26.8. The van der Waals surface area contributed by atoms with Crippen molar-refractivity contribution in [3.63, 3.8) is 0 Å². The van der Waals surface area contributed by atoms with Gasteiger partial charge in [0, 0.05) is 12.8 Å². The van der Waals surface area contributed by atoms with Gasteiger partial charge in [-0.2, -0.15) is 0 Å². The summed E-state index contributed by atoms with van der Waals surface area (Å²) >= 11 is 0. The van der Waals surface area contributed by atoms with Crippen molar-refractivity contribution in [1.29, 1.82) is 0 Å². The van der Waals surface area contributed by atoms with E-state index in [-0.39, 0.29) is 11.9 Å². The summed E-state index contributed by atoms with van der Waals surface area (Å²) in [6.07, 6.45) is 40.9. The molecule has 0 fully saturated rings. The van der Waals surface area contributed by atoms with Crippen LogP contribution in [0.2, 0.25) is 0 Å². The van der Waals surface area contributed by atoms with E-state index < -0.39 is 0 Å². The predicted molar refractivity (Wildman–Crippen MR) is 172 cm³/mol. The SMILES string of the molecule is CCCCCCCCCCCCCCCCC(=O)C1=NOC(CCCCCCCCCCCCCCCC)C1. The van der Waals surface area contributed by atoms with E-state index >= 15 is 0 Å². The molecule has 0 aliphatic carbocycles. The molecule has 3 heteroatoms. The standard InChI is InChI=1S/C36H69NO2/c1-3-5-7-9-11-13-15-17-19-21-23-25-27-29-31-34-33-35(37-39-34)36(38)32-30-28-26-24-22-20-18-16-14-12-10-8-6-4-2/h34H,3-33H2,1-2H3. The smallest absolute Gasteiger partial charge is 0.180 e. The number of nitrogens with zero attached hydrogens (tertiary/aromatic N) is 1. The number of hydrogen-bond acceptors (Lipinski definition) is 3. The minimum Gasteiger partial charge on any atom is -0.392 e. The Morgan fingerprint density at radius 3 is 1.26 bits per heavy atom. The molecule has 1 unspecified atom stereocenters. The van der Waals surface area contributed by atoms with Crippen LogP contribution < -0.4 is 0 Å². The van der Waals surface area contributed by atoms with Crippen molar-refractivity contribution in [2.45, 2.75) is 219 Å². The van der Waals surface area contributed by atoms with E-state index in [2.05, 4.69) is 19.0 Å². The first-order valence-corrected chi connectivity index (χ1v) is 18.0. The monoisotopic (exact) mass is 548 g/mol. The molecule has 0 saturated heterocycles. The summed E-state index contributed by atoms with van der Waals surface area (Å²) in [4.78, 5) is 18.1. The molecule has 0 aromatic rings. The molecular formula is C36H69NO2. The van der Waals surface area contributed by atoms with E-state index in [1.165, 1.54) is 173 Å². The minimum atomic E-state index is 0.151. The van der Waals surface area contributed by atoms with Gasteiger partial charge in [-0.1, -0.05) is 186 Å². The largest absolute Gasteiger partial charge is 0.392 e. The molecule has 39 heavy (non-hydrogen) atoms. The molecule has 0 amide bonds. The highest BCUT2D eigenvalue weighted by Crippen LogP contribution is 2.20. The highest BCUT2D eigenvalue weighted by molar-refractivity contribution is 6.40. The second-order valence-electron chi connectivity index (χ2n) is 12.6. The number of Topliss-reactive ketones (excluding diaryl/α,β-unsaturated/α-hetero) is 1. The van der Waals surface area contributed by atoms with E-state index in [0.717, 1.165) is 19.3 Å². The third kappa shape index (κ3) is 23.5. The molecule has 0 N–H and O–H groups in total. The van der Waals surface area contributed by atoms with Crippen LogP contribution in [0, 0.1) is 0 Å². The van der Waals surface area contributed by atoms with Crippen molar-refractivity contribution < 1.29 is 9.63 Å². The molecule has 0 radical (unpaired) electrons. The number of hydrogen-bond donors (Lipinski definition) is 0. The summed E-state index contributed by atoms with van der Waals surface area (Å²) in [5, 5.41) is 4.15. The van der Waals surface area contributed by atoms with Gasteiger partial charge in [-0.3, -0.25) is 4.79 Å². The first-order chi connectivity index (χ1) is 19.3. The molecule has 0 spiro atoms. The number of unbranched alkanes of at least 4 members (excludes halogenated alkanes) is 26. The van der Waals surface area contributed by atoms with Crippen molar-refractivity contribution >= 4 is 11.5 Å². The molecule has 0 aromatic heterocycles. The van der Waals surface area contributed by atoms with E-state index in [4.69, 9.17) is 4.84 Å². The Hall–Kier alpha value is -0.860. The van der Waals surface area contributed by atoms with Gasteiger partial charge in [-0.05, 0) is 19.3 Å². The summed E-state index contributed by atoms with van der Waals surface area (Å²) in [5.41, 5.74) is 0.708. The second-order valence-corrected chi connectivity index (χ2v) is 12.6. The summed E-state index contributed by atoms with van der Waals surface area (Å²) in [6, 6.07) is 0. The van der Waals surface area contributed by atoms with Crippen LogP contribution >= 0.6 is 0 Å². The van der Waals surface area contributed by atoms with Gasteiger partial charge in [-0.25, -0.2) is 0 Å². The van der Waals surface area contributed by atoms with Crippen LogP contribution in [0.5, 0.6) is 0 Å². The first-order valence-electron chi connectivity index (χ1n) is 18.0. The number of carbonyl (C=O) groups is 1. The molecule has 0 aromatic carbocycles. The first kappa shape index (κ1) is 36.2. The van der Waals surface area contributed by atoms with Crippen LogP contribution in [-0.4, -0.2) is 17.6 Å². The van der Waals surface area contributed by atoms with Gasteiger partial charge in [0.2, 0.25) is 0 Å². The van der Waals surface area contributed by atoms with Gasteiger partial charge in [0.25, 0.3) is 0 Å². The van der Waals surface area contributed by atoms with Gasteiger partial charge in [0.15, 0.2) is 5.78 Å². The third-order valence-corrected chi connectivity index (χ3v) is 8.69. The van der Waals surface area contributed by atoms with Gasteiger partial charge < -0.3 is 4.84 Å². The van der Waals surface area contributed by atoms with E-state index in [1.807, 2.05) is 0 Å². The summed E-state index contributed by atoms with van der Waals surface area (Å²) in [7, 11) is 0. The maximum absolute atomic E-state index is 12.5. The zero-order valence-electron chi connectivity index (χ0n) is 26.8. The third-order valence-electron chi connectivity index (χ3n) is 8.69. The second kappa shape index (κ2) is 28.7. The Labute approximate surface area is 245 Å². The molecule has 3 nitrogen and oxygen atoms in total. The fourth-order valence-corrected chi connectivity index (χ4v) is 5.94. The Kier molecular flexibility index (Phi) is 26.6. The Balaban J connectivity index is 1.82. The lowest BCUT2D eigenvalue weighted by Crippen LogP contribution is -2.15. The van der Waals surface area contributed by atoms with Crippen LogP contribution in [0.1, 0.15) is 213 Å². The lowest BCUT2D eigenvalue weighted by atomic mass is 9.99. The lowest BCUT2D eigenvalue weighted by Gasteiger charge is -2.07. The molecular weight excluding hydrogens is 478 g/mol. The van der Waals surface area contributed by atoms with E-state index in [9.17, 15) is 4.79 Å². The van der Waals surface area contributed by atoms with E-state index in [1.54, 1.807) is 0 Å². The van der Waals surface area contributed by atoms with Crippen LogP contribution in [0.15, 0.2) is 5.16 Å². The molecule has 1 heterocycles. The molecule has 0 bridgehead atoms. The van der Waals surface area contributed by atoms with Crippen molar-refractivity contribution in [2.75, 3.05) is 0 Å². The van der Waals surface area contributed by atoms with Crippen LogP contribution in [-0.2, 0) is 9.63 Å². The van der Waals surface area contributed by atoms with Gasteiger partial charge in [0.1, 0.15) is 11.8 Å². The molecule has 1 rings (SSSR count). The quantitative estimate of drug-likeness (QED) is 0.0809. The van der Waals surface area contributed by atoms with Crippen molar-refractivity contribution in [3.8, 4) is 0 Å². The highest BCUT2D eigenvalue weighted by atomic mass is 16.6. The fourth-order valence-electron chi connectivity index (χ4n) is 5.94. The molecule has 230 valence electrons. The number of rotatable bonds is 31. The van der Waals surface area contributed by atoms with Crippen molar-refractivity contribution in [3.05, 3.63) is 0 Å². The Morgan fingerprint density at radius 2 is 0.872 bits per heavy atom. The van der Waals surface area contributed by atoms with Gasteiger partial charge in [-0.15, -0.1) is 0 Å². The average Bonchev–Trinajstić information content (AvgIpc) is 3.42. The highest BCUT2D eigenvalue weighted by Gasteiger charge is 2.25. The Bertz CT molecular complexity index is 558. The molecule has 1 aliphatic heterocycles. The molecule has 1 atom stereocenters. The predicted octanol–water partition coefficient (Wildman–Crippen LogP) is 12.4. The van der Waals surface area contributed by atoms with Crippen molar-refractivity contribution in [2.24, 2.45) is 5.16 Å². The topological polar surface area (TPSA) is 38.7 Å². The molecule has 1 aliphatic rings. The van der Waals surface area contributed by atoms with Gasteiger partial charge in [0.05, 0.1) is 0 Å². The Morgan fingerprint density at radius 1 is 0.538 bits per heavy atom. The maximum atomic E-state index is 12.5. The van der Waals surface area contributed by atoms with E-state index in [0.29, 0.717) is 12.1 Å². The van der Waals surface area contributed by atoms with Gasteiger partial charge >= 0.3 is 0 Å². The normalized spacial score (nSPS) is 15.0. The minimum absolute atomic E-state index is 0.151. The molecule has 0 saturated carbocycles. The summed E-state index contributed by atoms with van der Waals surface area (Å²) < 4.78 is 0. The van der Waals surface area contributed by atoms with Crippen LogP contribution in [0.3, 0.4) is 0 Å². The number of ketones is 1. The van der Waals surface area contributed by atoms with Crippen molar-refractivity contribution in [1.82, 2.24) is 0 Å². The summed E-state index contributed by atoms with van der Waals surface area (Å²) in [5.74, 6) is 0.234. The zero-order chi connectivity index (χ0) is 28.1. The average molecular weight is 548 g/mol. The lowest BCUT2D eigenvalue weighted by molar-refractivity contribution is -0.113.